The fraction of sp³-hybridized carbons (Fsp3) is 0.263. The van der Waals surface area contributed by atoms with Crippen LogP contribution in [0.3, 0.4) is 0 Å². The fourth-order valence-electron chi connectivity index (χ4n) is 2.17. The van der Waals surface area contributed by atoms with Gasteiger partial charge in [-0.3, -0.25) is 0 Å². The Balaban J connectivity index is 2.03. The van der Waals surface area contributed by atoms with Gasteiger partial charge in [-0.15, -0.1) is 0 Å². The van der Waals surface area contributed by atoms with Crippen molar-refractivity contribution in [2.45, 2.75) is 26.4 Å². The molecule has 2 N–H and O–H groups in total. The van der Waals surface area contributed by atoms with Gasteiger partial charge in [-0.1, -0.05) is 61.5 Å². The van der Waals surface area contributed by atoms with Gasteiger partial charge in [-0.05, 0) is 36.6 Å². The van der Waals surface area contributed by atoms with Gasteiger partial charge in [-0.25, -0.2) is 0 Å². The van der Waals surface area contributed by atoms with Crippen LogP contribution >= 0.6 is 0 Å². The predicted molar refractivity (Wildman–Crippen MR) is 89.4 cm³/mol. The summed E-state index contributed by atoms with van der Waals surface area (Å²) >= 11 is 0. The number of nitrogens with two attached hydrogens (primary N) is 1. The van der Waals surface area contributed by atoms with E-state index in [-0.39, 0.29) is 0 Å². The highest BCUT2D eigenvalue weighted by atomic mass is 16.5. The lowest BCUT2D eigenvalue weighted by Gasteiger charge is -2.11. The van der Waals surface area contributed by atoms with E-state index in [2.05, 4.69) is 43.3 Å². The second-order valence-electron chi connectivity index (χ2n) is 5.20. The van der Waals surface area contributed by atoms with Crippen LogP contribution in [0.2, 0.25) is 0 Å². The van der Waals surface area contributed by atoms with Gasteiger partial charge in [0.15, 0.2) is 0 Å². The van der Waals surface area contributed by atoms with Crippen LogP contribution in [0.25, 0.3) is 6.08 Å². The summed E-state index contributed by atoms with van der Waals surface area (Å²) in [6.45, 7) is 5.39. The summed E-state index contributed by atoms with van der Waals surface area (Å²) in [5.74, 6) is 1.31. The Labute approximate surface area is 127 Å². The summed E-state index contributed by atoms with van der Waals surface area (Å²) in [7, 11) is 0. The molecule has 2 aromatic carbocycles. The van der Waals surface area contributed by atoms with Gasteiger partial charge in [0.2, 0.25) is 0 Å². The monoisotopic (exact) mass is 281 g/mol. The van der Waals surface area contributed by atoms with E-state index in [0.29, 0.717) is 19.1 Å². The van der Waals surface area contributed by atoms with Gasteiger partial charge >= 0.3 is 0 Å². The fourth-order valence-corrected chi connectivity index (χ4v) is 2.17. The Morgan fingerprint density at radius 3 is 2.48 bits per heavy atom. The van der Waals surface area contributed by atoms with Crippen molar-refractivity contribution in [2.24, 2.45) is 5.73 Å². The Morgan fingerprint density at radius 2 is 1.81 bits per heavy atom. The first-order chi connectivity index (χ1) is 10.2. The lowest BCUT2D eigenvalue weighted by molar-refractivity contribution is 0.305. The molecule has 0 heterocycles. The molecule has 0 aliphatic rings. The van der Waals surface area contributed by atoms with E-state index in [9.17, 15) is 0 Å². The molecule has 0 saturated carbocycles. The predicted octanol–water partition coefficient (Wildman–Crippen LogP) is 4.36. The van der Waals surface area contributed by atoms with E-state index in [1.807, 2.05) is 31.2 Å². The van der Waals surface area contributed by atoms with Crippen molar-refractivity contribution in [3.05, 3.63) is 71.3 Å². The third-order valence-corrected chi connectivity index (χ3v) is 3.56. The van der Waals surface area contributed by atoms with Crippen molar-refractivity contribution in [3.63, 3.8) is 0 Å². The van der Waals surface area contributed by atoms with Crippen LogP contribution in [0.1, 0.15) is 36.5 Å². The molecular weight excluding hydrogens is 258 g/mol. The van der Waals surface area contributed by atoms with E-state index in [1.165, 1.54) is 11.1 Å². The molecule has 2 heteroatoms. The summed E-state index contributed by atoms with van der Waals surface area (Å²) in [4.78, 5) is 0. The normalized spacial score (nSPS) is 12.5. The van der Waals surface area contributed by atoms with Crippen LogP contribution in [-0.4, -0.2) is 6.54 Å². The summed E-state index contributed by atoms with van der Waals surface area (Å²) in [6.07, 6.45) is 4.08. The molecule has 21 heavy (non-hydrogen) atoms. The van der Waals surface area contributed by atoms with Gasteiger partial charge in [0, 0.05) is 5.56 Å². The Bertz CT molecular complexity index is 587. The number of hydrogen-bond donors (Lipinski definition) is 1. The molecule has 0 amide bonds. The largest absolute Gasteiger partial charge is 0.488 e. The molecule has 0 fully saturated rings. The Kier molecular flexibility index (Phi) is 5.59. The number of hydrogen-bond acceptors (Lipinski definition) is 2. The summed E-state index contributed by atoms with van der Waals surface area (Å²) in [5, 5.41) is 0. The molecule has 0 bridgehead atoms. The van der Waals surface area contributed by atoms with Crippen LogP contribution in [0.5, 0.6) is 5.75 Å². The zero-order chi connectivity index (χ0) is 15.1. The number of allylic oxidation sites excluding steroid dienone is 1. The molecule has 0 saturated heterocycles. The van der Waals surface area contributed by atoms with E-state index >= 15 is 0 Å². The smallest absolute Gasteiger partial charge is 0.127 e. The molecule has 1 atom stereocenters. The maximum absolute atomic E-state index is 5.93. The van der Waals surface area contributed by atoms with Crippen molar-refractivity contribution in [1.82, 2.24) is 0 Å². The molecular formula is C19H23NO. The number of rotatable bonds is 6. The van der Waals surface area contributed by atoms with Gasteiger partial charge in [0.25, 0.3) is 0 Å². The topological polar surface area (TPSA) is 35.2 Å². The SMILES string of the molecule is C/C=C/c1ccccc1OCc1ccc(C(C)CN)cc1. The van der Waals surface area contributed by atoms with Gasteiger partial charge < -0.3 is 10.5 Å². The zero-order valence-corrected chi connectivity index (χ0v) is 12.8. The highest BCUT2D eigenvalue weighted by Crippen LogP contribution is 2.21. The highest BCUT2D eigenvalue weighted by molar-refractivity contribution is 5.56. The van der Waals surface area contributed by atoms with Crippen molar-refractivity contribution < 1.29 is 4.74 Å². The molecule has 1 unspecified atom stereocenters. The number of ether oxygens (including phenoxy) is 1. The molecule has 0 spiro atoms. The number of para-hydroxylation sites is 1. The molecule has 2 rings (SSSR count). The van der Waals surface area contributed by atoms with Crippen molar-refractivity contribution in [2.75, 3.05) is 6.54 Å². The Morgan fingerprint density at radius 1 is 1.10 bits per heavy atom. The third kappa shape index (κ3) is 4.20. The summed E-state index contributed by atoms with van der Waals surface area (Å²) < 4.78 is 5.93. The first-order valence-corrected chi connectivity index (χ1v) is 7.38. The second kappa shape index (κ2) is 7.65. The second-order valence-corrected chi connectivity index (χ2v) is 5.20. The first kappa shape index (κ1) is 15.3. The van der Waals surface area contributed by atoms with Crippen molar-refractivity contribution in [1.29, 1.82) is 0 Å². The standard InChI is InChI=1S/C19H23NO/c1-3-6-18-7-4-5-8-19(18)21-14-16-9-11-17(12-10-16)15(2)13-20/h3-12,15H,13-14,20H2,1-2H3/b6-3+. The maximum atomic E-state index is 5.93. The molecule has 0 aliphatic heterocycles. The minimum Gasteiger partial charge on any atom is -0.488 e. The summed E-state index contributed by atoms with van der Waals surface area (Å²) in [5.41, 5.74) is 9.23. The van der Waals surface area contributed by atoms with Crippen molar-refractivity contribution in [3.8, 4) is 5.75 Å². The van der Waals surface area contributed by atoms with Gasteiger partial charge in [0.05, 0.1) is 0 Å². The quantitative estimate of drug-likeness (QED) is 0.853. The maximum Gasteiger partial charge on any atom is 0.127 e. The Hall–Kier alpha value is -2.06. The van der Waals surface area contributed by atoms with Crippen LogP contribution in [0, 0.1) is 0 Å². The van der Waals surface area contributed by atoms with E-state index < -0.39 is 0 Å². The van der Waals surface area contributed by atoms with E-state index in [1.54, 1.807) is 0 Å². The highest BCUT2D eigenvalue weighted by Gasteiger charge is 2.04. The average Bonchev–Trinajstić information content (AvgIpc) is 2.54. The van der Waals surface area contributed by atoms with Crippen LogP contribution < -0.4 is 10.5 Å². The molecule has 0 aliphatic carbocycles. The van der Waals surface area contributed by atoms with Crippen LogP contribution in [-0.2, 0) is 6.61 Å². The van der Waals surface area contributed by atoms with Gasteiger partial charge in [0.1, 0.15) is 12.4 Å². The van der Waals surface area contributed by atoms with Crippen LogP contribution in [0.15, 0.2) is 54.6 Å². The van der Waals surface area contributed by atoms with Gasteiger partial charge in [-0.2, -0.15) is 0 Å². The zero-order valence-electron chi connectivity index (χ0n) is 12.8. The molecule has 110 valence electrons. The molecule has 0 aromatic heterocycles. The lowest BCUT2D eigenvalue weighted by Crippen LogP contribution is -2.08. The minimum atomic E-state index is 0.399. The minimum absolute atomic E-state index is 0.399. The van der Waals surface area contributed by atoms with E-state index in [4.69, 9.17) is 10.5 Å². The average molecular weight is 281 g/mol. The third-order valence-electron chi connectivity index (χ3n) is 3.56. The number of benzene rings is 2. The molecule has 2 nitrogen and oxygen atoms in total. The van der Waals surface area contributed by atoms with Crippen molar-refractivity contribution >= 4 is 6.08 Å². The summed E-state index contributed by atoms with van der Waals surface area (Å²) in [6, 6.07) is 16.6. The lowest BCUT2D eigenvalue weighted by atomic mass is 10.0. The first-order valence-electron chi connectivity index (χ1n) is 7.38. The molecule has 0 radical (unpaired) electrons. The van der Waals surface area contributed by atoms with E-state index in [0.717, 1.165) is 11.3 Å². The van der Waals surface area contributed by atoms with Crippen LogP contribution in [0.4, 0.5) is 0 Å². The molecule has 2 aromatic rings.